The van der Waals surface area contributed by atoms with Crippen molar-refractivity contribution in [1.29, 1.82) is 0 Å². The fourth-order valence-corrected chi connectivity index (χ4v) is 2.16. The van der Waals surface area contributed by atoms with Gasteiger partial charge in [-0.05, 0) is 30.0 Å². The van der Waals surface area contributed by atoms with Crippen LogP contribution in [0.5, 0.6) is 0 Å². The van der Waals surface area contributed by atoms with Crippen LogP contribution in [0.3, 0.4) is 0 Å². The molecule has 0 saturated carbocycles. The summed E-state index contributed by atoms with van der Waals surface area (Å²) in [6.07, 6.45) is 6.00. The maximum Gasteiger partial charge on any atom is 0.191 e. The number of nitrogens with zero attached hydrogens (tertiary/aromatic N) is 3. The molecule has 2 aromatic rings. The number of nitrogens with one attached hydrogen (secondary N) is 2. The van der Waals surface area contributed by atoms with E-state index in [1.54, 1.807) is 36.4 Å². The molecule has 0 atom stereocenters. The van der Waals surface area contributed by atoms with Crippen molar-refractivity contribution in [3.05, 3.63) is 48.3 Å². The number of rotatable bonds is 6. The van der Waals surface area contributed by atoms with E-state index >= 15 is 0 Å². The Hall–Kier alpha value is -1.64. The summed E-state index contributed by atoms with van der Waals surface area (Å²) in [5, 5.41) is 6.45. The molecule has 0 fully saturated rings. The lowest BCUT2D eigenvalue weighted by atomic mass is 10.1. The highest BCUT2D eigenvalue weighted by Gasteiger charge is 2.06. The lowest BCUT2D eigenvalue weighted by Crippen LogP contribution is -2.37. The summed E-state index contributed by atoms with van der Waals surface area (Å²) >= 11 is 0. The van der Waals surface area contributed by atoms with Gasteiger partial charge in [-0.3, -0.25) is 4.99 Å². The lowest BCUT2D eigenvalue weighted by molar-refractivity contribution is 0.573. The third-order valence-electron chi connectivity index (χ3n) is 3.49. The molecule has 1 heterocycles. The highest BCUT2D eigenvalue weighted by atomic mass is 127. The van der Waals surface area contributed by atoms with Crippen LogP contribution in [0.15, 0.2) is 41.9 Å². The van der Waals surface area contributed by atoms with Gasteiger partial charge in [-0.2, -0.15) is 0 Å². The van der Waals surface area contributed by atoms with E-state index in [9.17, 15) is 4.39 Å². The van der Waals surface area contributed by atoms with Gasteiger partial charge in [0.15, 0.2) is 5.96 Å². The first-order valence-electron chi connectivity index (χ1n) is 7.81. The molecule has 24 heavy (non-hydrogen) atoms. The molecule has 132 valence electrons. The molecule has 5 nitrogen and oxygen atoms in total. The van der Waals surface area contributed by atoms with Crippen molar-refractivity contribution in [2.45, 2.75) is 26.8 Å². The maximum atomic E-state index is 14.2. The summed E-state index contributed by atoms with van der Waals surface area (Å²) in [6.45, 7) is 5.75. The number of hydrogen-bond donors (Lipinski definition) is 2. The lowest BCUT2D eigenvalue weighted by Gasteiger charge is -2.13. The minimum absolute atomic E-state index is 0. The predicted octanol–water partition coefficient (Wildman–Crippen LogP) is 3.34. The van der Waals surface area contributed by atoms with Gasteiger partial charge in [0, 0.05) is 32.5 Å². The van der Waals surface area contributed by atoms with E-state index in [4.69, 9.17) is 0 Å². The Labute approximate surface area is 159 Å². The van der Waals surface area contributed by atoms with E-state index < -0.39 is 0 Å². The molecule has 0 aliphatic heterocycles. The number of aliphatic imine (C=N–C) groups is 1. The van der Waals surface area contributed by atoms with Crippen LogP contribution < -0.4 is 10.6 Å². The monoisotopic (exact) mass is 445 g/mol. The van der Waals surface area contributed by atoms with Gasteiger partial charge in [0.25, 0.3) is 0 Å². The SMILES string of the molecule is CN=C(NCCC(C)C)NCc1ccc(-n2ccnc2)c(F)c1.I. The first-order valence-corrected chi connectivity index (χ1v) is 7.81. The van der Waals surface area contributed by atoms with Crippen LogP contribution in [0.4, 0.5) is 4.39 Å². The largest absolute Gasteiger partial charge is 0.356 e. The van der Waals surface area contributed by atoms with Gasteiger partial charge in [-0.25, -0.2) is 9.37 Å². The minimum atomic E-state index is -0.273. The zero-order valence-electron chi connectivity index (χ0n) is 14.3. The zero-order chi connectivity index (χ0) is 16.7. The molecular weight excluding hydrogens is 420 g/mol. The average molecular weight is 445 g/mol. The van der Waals surface area contributed by atoms with Gasteiger partial charge in [-0.15, -0.1) is 24.0 Å². The van der Waals surface area contributed by atoms with Crippen molar-refractivity contribution < 1.29 is 4.39 Å². The second kappa shape index (κ2) is 10.3. The van der Waals surface area contributed by atoms with Crippen molar-refractivity contribution in [2.24, 2.45) is 10.9 Å². The van der Waals surface area contributed by atoms with E-state index in [2.05, 4.69) is 34.5 Å². The number of benzene rings is 1. The third-order valence-corrected chi connectivity index (χ3v) is 3.49. The summed E-state index contributed by atoms with van der Waals surface area (Å²) < 4.78 is 15.8. The first-order chi connectivity index (χ1) is 11.1. The smallest absolute Gasteiger partial charge is 0.191 e. The van der Waals surface area contributed by atoms with Gasteiger partial charge in [0.1, 0.15) is 5.82 Å². The summed E-state index contributed by atoms with van der Waals surface area (Å²) in [6, 6.07) is 5.18. The Morgan fingerprint density at radius 2 is 2.12 bits per heavy atom. The van der Waals surface area contributed by atoms with E-state index in [0.29, 0.717) is 18.2 Å². The van der Waals surface area contributed by atoms with E-state index in [0.717, 1.165) is 24.5 Å². The Morgan fingerprint density at radius 3 is 2.71 bits per heavy atom. The quantitative estimate of drug-likeness (QED) is 0.408. The molecule has 0 unspecified atom stereocenters. The van der Waals surface area contributed by atoms with E-state index in [-0.39, 0.29) is 29.8 Å². The Bertz CT molecular complexity index is 640. The summed E-state index contributed by atoms with van der Waals surface area (Å²) in [7, 11) is 1.73. The number of halogens is 2. The summed E-state index contributed by atoms with van der Waals surface area (Å²) in [5.41, 5.74) is 1.35. The van der Waals surface area contributed by atoms with Gasteiger partial charge in [0.05, 0.1) is 12.0 Å². The Kier molecular flexibility index (Phi) is 8.73. The Morgan fingerprint density at radius 1 is 1.33 bits per heavy atom. The van der Waals surface area contributed by atoms with Crippen LogP contribution in [0.1, 0.15) is 25.8 Å². The molecule has 0 saturated heterocycles. The Balaban J connectivity index is 0.00000288. The normalized spacial score (nSPS) is 11.3. The predicted molar refractivity (Wildman–Crippen MR) is 107 cm³/mol. The molecule has 0 radical (unpaired) electrons. The zero-order valence-corrected chi connectivity index (χ0v) is 16.6. The molecule has 1 aromatic heterocycles. The fraction of sp³-hybridized carbons (Fsp3) is 0.412. The van der Waals surface area contributed by atoms with Crippen molar-refractivity contribution in [2.75, 3.05) is 13.6 Å². The number of guanidine groups is 1. The van der Waals surface area contributed by atoms with Crippen molar-refractivity contribution in [3.8, 4) is 5.69 Å². The second-order valence-corrected chi connectivity index (χ2v) is 5.79. The third kappa shape index (κ3) is 6.10. The molecule has 0 amide bonds. The van der Waals surface area contributed by atoms with Gasteiger partial charge in [0.2, 0.25) is 0 Å². The average Bonchev–Trinajstić information content (AvgIpc) is 3.04. The number of aromatic nitrogens is 2. The van der Waals surface area contributed by atoms with Crippen molar-refractivity contribution >= 4 is 29.9 Å². The van der Waals surface area contributed by atoms with Gasteiger partial charge < -0.3 is 15.2 Å². The molecule has 1 aromatic carbocycles. The van der Waals surface area contributed by atoms with Crippen LogP contribution in [-0.2, 0) is 6.54 Å². The molecule has 0 aliphatic carbocycles. The molecule has 0 spiro atoms. The van der Waals surface area contributed by atoms with E-state index in [1.807, 2.05) is 6.07 Å². The van der Waals surface area contributed by atoms with Gasteiger partial charge in [-0.1, -0.05) is 19.9 Å². The van der Waals surface area contributed by atoms with Crippen LogP contribution in [-0.4, -0.2) is 29.1 Å². The summed E-state index contributed by atoms with van der Waals surface area (Å²) in [5.74, 6) is 1.10. The highest BCUT2D eigenvalue weighted by molar-refractivity contribution is 14.0. The molecule has 2 N–H and O–H groups in total. The molecule has 0 bridgehead atoms. The minimum Gasteiger partial charge on any atom is -0.356 e. The van der Waals surface area contributed by atoms with Crippen LogP contribution >= 0.6 is 24.0 Å². The molecule has 7 heteroatoms. The molecular formula is C17H25FIN5. The first kappa shape index (κ1) is 20.4. The molecule has 2 rings (SSSR count). The fourth-order valence-electron chi connectivity index (χ4n) is 2.16. The number of hydrogen-bond acceptors (Lipinski definition) is 2. The topological polar surface area (TPSA) is 54.2 Å². The molecule has 0 aliphatic rings. The van der Waals surface area contributed by atoms with E-state index in [1.165, 1.54) is 6.07 Å². The second-order valence-electron chi connectivity index (χ2n) is 5.79. The van der Waals surface area contributed by atoms with Crippen molar-refractivity contribution in [3.63, 3.8) is 0 Å². The van der Waals surface area contributed by atoms with Crippen LogP contribution in [0.25, 0.3) is 5.69 Å². The maximum absolute atomic E-state index is 14.2. The standard InChI is InChI=1S/C17H24FN5.HI/c1-13(2)6-7-21-17(19-3)22-11-14-4-5-16(15(18)10-14)23-9-8-20-12-23;/h4-5,8-10,12-13H,6-7,11H2,1-3H3,(H2,19,21,22);1H. The van der Waals surface area contributed by atoms with Crippen LogP contribution in [0, 0.1) is 11.7 Å². The van der Waals surface area contributed by atoms with Crippen LogP contribution in [0.2, 0.25) is 0 Å². The van der Waals surface area contributed by atoms with Gasteiger partial charge >= 0.3 is 0 Å². The highest BCUT2D eigenvalue weighted by Crippen LogP contribution is 2.14. The number of imidazole rings is 1. The summed E-state index contributed by atoms with van der Waals surface area (Å²) in [4.78, 5) is 8.10. The van der Waals surface area contributed by atoms with Crippen molar-refractivity contribution in [1.82, 2.24) is 20.2 Å².